The van der Waals surface area contributed by atoms with Crippen molar-refractivity contribution in [2.75, 3.05) is 6.54 Å². The number of benzene rings is 1. The molecule has 1 heterocycles. The number of nitrogens with zero attached hydrogens (tertiary/aromatic N) is 2. The average molecular weight is 322 g/mol. The highest BCUT2D eigenvalue weighted by Gasteiger charge is 2.19. The van der Waals surface area contributed by atoms with Gasteiger partial charge in [0.15, 0.2) is 0 Å². The summed E-state index contributed by atoms with van der Waals surface area (Å²) in [7, 11) is 2.04. The summed E-state index contributed by atoms with van der Waals surface area (Å²) in [5.74, 6) is 1.05. The van der Waals surface area contributed by atoms with Crippen LogP contribution in [0.15, 0.2) is 35.1 Å². The van der Waals surface area contributed by atoms with Crippen molar-refractivity contribution in [3.8, 4) is 0 Å². The standard InChI is InChI=1S/C15H20BrN3/c1-4-7-17-14(15-18-8-9-19(15)3)13-10-12(16)6-5-11(13)2/h5-6,8-10,14,17H,4,7H2,1-3H3. The molecule has 1 aromatic heterocycles. The van der Waals surface area contributed by atoms with Crippen LogP contribution in [-0.4, -0.2) is 16.1 Å². The second-order valence-corrected chi connectivity index (χ2v) is 5.70. The first-order valence-electron chi connectivity index (χ1n) is 6.60. The summed E-state index contributed by atoms with van der Waals surface area (Å²) >= 11 is 3.56. The van der Waals surface area contributed by atoms with E-state index in [0.717, 1.165) is 23.3 Å². The Bertz CT molecular complexity index is 548. The lowest BCUT2D eigenvalue weighted by atomic mass is 10.0. The van der Waals surface area contributed by atoms with E-state index in [1.807, 2.05) is 19.4 Å². The molecule has 102 valence electrons. The molecule has 0 fully saturated rings. The smallest absolute Gasteiger partial charge is 0.130 e. The van der Waals surface area contributed by atoms with Crippen LogP contribution in [0.2, 0.25) is 0 Å². The second kappa shape index (κ2) is 6.35. The monoisotopic (exact) mass is 321 g/mol. The van der Waals surface area contributed by atoms with Gasteiger partial charge in [-0.1, -0.05) is 28.9 Å². The lowest BCUT2D eigenvalue weighted by Crippen LogP contribution is -2.26. The third-order valence-corrected chi connectivity index (χ3v) is 3.76. The minimum absolute atomic E-state index is 0.137. The fourth-order valence-electron chi connectivity index (χ4n) is 2.21. The van der Waals surface area contributed by atoms with Crippen LogP contribution in [0, 0.1) is 6.92 Å². The summed E-state index contributed by atoms with van der Waals surface area (Å²) in [4.78, 5) is 4.50. The van der Waals surface area contributed by atoms with Crippen LogP contribution in [-0.2, 0) is 7.05 Å². The molecule has 1 N–H and O–H groups in total. The van der Waals surface area contributed by atoms with Gasteiger partial charge in [-0.05, 0) is 43.1 Å². The molecule has 2 aromatic rings. The van der Waals surface area contributed by atoms with Gasteiger partial charge in [-0.3, -0.25) is 0 Å². The Morgan fingerprint density at radius 3 is 2.84 bits per heavy atom. The van der Waals surface area contributed by atoms with Gasteiger partial charge in [0.1, 0.15) is 5.82 Å². The van der Waals surface area contributed by atoms with E-state index in [1.54, 1.807) is 0 Å². The highest BCUT2D eigenvalue weighted by molar-refractivity contribution is 9.10. The van der Waals surface area contributed by atoms with Crippen molar-refractivity contribution >= 4 is 15.9 Å². The summed E-state index contributed by atoms with van der Waals surface area (Å²) in [5.41, 5.74) is 2.55. The van der Waals surface area contributed by atoms with E-state index in [1.165, 1.54) is 11.1 Å². The van der Waals surface area contributed by atoms with E-state index in [2.05, 4.69) is 62.8 Å². The molecule has 0 aliphatic carbocycles. The number of halogens is 1. The van der Waals surface area contributed by atoms with Gasteiger partial charge in [-0.15, -0.1) is 0 Å². The summed E-state index contributed by atoms with van der Waals surface area (Å²) in [5, 5.41) is 3.59. The number of hydrogen-bond acceptors (Lipinski definition) is 2. The molecular weight excluding hydrogens is 302 g/mol. The Morgan fingerprint density at radius 2 is 2.21 bits per heavy atom. The third kappa shape index (κ3) is 3.25. The highest BCUT2D eigenvalue weighted by Crippen LogP contribution is 2.26. The Hall–Kier alpha value is -1.13. The van der Waals surface area contributed by atoms with E-state index < -0.39 is 0 Å². The fraction of sp³-hybridized carbons (Fsp3) is 0.400. The van der Waals surface area contributed by atoms with Crippen LogP contribution in [0.25, 0.3) is 0 Å². The number of aryl methyl sites for hydroxylation is 2. The predicted molar refractivity (Wildman–Crippen MR) is 82.2 cm³/mol. The van der Waals surface area contributed by atoms with Gasteiger partial charge in [0.25, 0.3) is 0 Å². The van der Waals surface area contributed by atoms with Gasteiger partial charge in [-0.2, -0.15) is 0 Å². The minimum atomic E-state index is 0.137. The summed E-state index contributed by atoms with van der Waals surface area (Å²) < 4.78 is 3.18. The fourth-order valence-corrected chi connectivity index (χ4v) is 2.59. The molecule has 2 rings (SSSR count). The largest absolute Gasteiger partial charge is 0.336 e. The molecule has 1 unspecified atom stereocenters. The van der Waals surface area contributed by atoms with Crippen molar-refractivity contribution in [3.05, 3.63) is 52.0 Å². The first kappa shape index (κ1) is 14.3. The molecule has 0 bridgehead atoms. The number of rotatable bonds is 5. The van der Waals surface area contributed by atoms with Crippen molar-refractivity contribution in [1.29, 1.82) is 0 Å². The summed E-state index contributed by atoms with van der Waals surface area (Å²) in [6.07, 6.45) is 4.94. The van der Waals surface area contributed by atoms with Gasteiger partial charge < -0.3 is 9.88 Å². The van der Waals surface area contributed by atoms with Crippen LogP contribution in [0.4, 0.5) is 0 Å². The zero-order valence-corrected chi connectivity index (χ0v) is 13.2. The first-order valence-corrected chi connectivity index (χ1v) is 7.39. The topological polar surface area (TPSA) is 29.9 Å². The number of aromatic nitrogens is 2. The van der Waals surface area contributed by atoms with Gasteiger partial charge >= 0.3 is 0 Å². The number of nitrogens with one attached hydrogen (secondary N) is 1. The Balaban J connectivity index is 2.42. The van der Waals surface area contributed by atoms with Crippen LogP contribution in [0.5, 0.6) is 0 Å². The van der Waals surface area contributed by atoms with Crippen molar-refractivity contribution in [3.63, 3.8) is 0 Å². The van der Waals surface area contributed by atoms with E-state index in [-0.39, 0.29) is 6.04 Å². The molecule has 0 saturated heterocycles. The van der Waals surface area contributed by atoms with Crippen molar-refractivity contribution < 1.29 is 0 Å². The van der Waals surface area contributed by atoms with E-state index >= 15 is 0 Å². The van der Waals surface area contributed by atoms with Crippen molar-refractivity contribution in [1.82, 2.24) is 14.9 Å². The molecule has 0 spiro atoms. The average Bonchev–Trinajstić information content (AvgIpc) is 2.80. The van der Waals surface area contributed by atoms with Crippen molar-refractivity contribution in [2.45, 2.75) is 26.3 Å². The SMILES string of the molecule is CCCNC(c1cc(Br)ccc1C)c1nccn1C. The molecule has 3 nitrogen and oxygen atoms in total. The van der Waals surface area contributed by atoms with Crippen molar-refractivity contribution in [2.24, 2.45) is 7.05 Å². The van der Waals surface area contributed by atoms with Gasteiger partial charge in [0.05, 0.1) is 6.04 Å². The highest BCUT2D eigenvalue weighted by atomic mass is 79.9. The molecule has 0 saturated carbocycles. The lowest BCUT2D eigenvalue weighted by molar-refractivity contribution is 0.553. The van der Waals surface area contributed by atoms with Gasteiger partial charge in [-0.25, -0.2) is 4.98 Å². The van der Waals surface area contributed by atoms with E-state index in [9.17, 15) is 0 Å². The molecule has 0 aliphatic rings. The molecule has 19 heavy (non-hydrogen) atoms. The number of imidazole rings is 1. The molecule has 1 aromatic carbocycles. The quantitative estimate of drug-likeness (QED) is 0.912. The minimum Gasteiger partial charge on any atom is -0.336 e. The number of hydrogen-bond donors (Lipinski definition) is 1. The maximum atomic E-state index is 4.50. The molecule has 0 radical (unpaired) electrons. The Morgan fingerprint density at radius 1 is 1.42 bits per heavy atom. The zero-order chi connectivity index (χ0) is 13.8. The Labute approximate surface area is 123 Å². The van der Waals surface area contributed by atoms with Gasteiger partial charge in [0.2, 0.25) is 0 Å². The normalized spacial score (nSPS) is 12.6. The molecule has 1 atom stereocenters. The summed E-state index contributed by atoms with van der Waals surface area (Å²) in [6.45, 7) is 5.30. The molecular formula is C15H20BrN3. The maximum absolute atomic E-state index is 4.50. The molecule has 0 aliphatic heterocycles. The summed E-state index contributed by atoms with van der Waals surface area (Å²) in [6, 6.07) is 6.53. The maximum Gasteiger partial charge on any atom is 0.130 e. The first-order chi connectivity index (χ1) is 9.13. The molecule has 0 amide bonds. The van der Waals surface area contributed by atoms with E-state index in [4.69, 9.17) is 0 Å². The second-order valence-electron chi connectivity index (χ2n) is 4.78. The Kier molecular flexibility index (Phi) is 4.77. The zero-order valence-electron chi connectivity index (χ0n) is 11.7. The predicted octanol–water partition coefficient (Wildman–Crippen LogP) is 3.58. The molecule has 4 heteroatoms. The van der Waals surface area contributed by atoms with Crippen LogP contribution in [0.3, 0.4) is 0 Å². The van der Waals surface area contributed by atoms with E-state index in [0.29, 0.717) is 0 Å². The van der Waals surface area contributed by atoms with Crippen LogP contribution < -0.4 is 5.32 Å². The van der Waals surface area contributed by atoms with Gasteiger partial charge in [0, 0.05) is 23.9 Å². The van der Waals surface area contributed by atoms with Crippen LogP contribution >= 0.6 is 15.9 Å². The van der Waals surface area contributed by atoms with Crippen LogP contribution in [0.1, 0.15) is 36.3 Å². The lowest BCUT2D eigenvalue weighted by Gasteiger charge is -2.21. The third-order valence-electron chi connectivity index (χ3n) is 3.27.